The maximum Gasteiger partial charge on any atom is 0.232 e. The van der Waals surface area contributed by atoms with Crippen molar-refractivity contribution in [2.45, 2.75) is 26.3 Å². The summed E-state index contributed by atoms with van der Waals surface area (Å²) in [5, 5.41) is 6.74. The molecule has 4 aromatic rings. The van der Waals surface area contributed by atoms with Gasteiger partial charge in [-0.3, -0.25) is 0 Å². The van der Waals surface area contributed by atoms with Crippen molar-refractivity contribution in [2.75, 3.05) is 42.2 Å². The fourth-order valence-corrected chi connectivity index (χ4v) is 3.99. The molecule has 5 rings (SSSR count). The molecule has 0 aliphatic carbocycles. The highest BCUT2D eigenvalue weighted by molar-refractivity contribution is 5.65. The highest BCUT2D eigenvalue weighted by Crippen LogP contribution is 2.25. The molecule has 0 spiro atoms. The third-order valence-corrected chi connectivity index (χ3v) is 6.14. The lowest BCUT2D eigenvalue weighted by Gasteiger charge is -2.38. The molecule has 0 amide bonds. The van der Waals surface area contributed by atoms with Crippen molar-refractivity contribution < 1.29 is 0 Å². The van der Waals surface area contributed by atoms with Crippen LogP contribution in [0, 0.1) is 0 Å². The largest absolute Gasteiger partial charge is 0.354 e. The zero-order valence-electron chi connectivity index (χ0n) is 19.2. The van der Waals surface area contributed by atoms with Crippen LogP contribution in [0.15, 0.2) is 55.1 Å². The molecular formula is C24H29N9. The van der Waals surface area contributed by atoms with Gasteiger partial charge in [0.15, 0.2) is 0 Å². The van der Waals surface area contributed by atoms with E-state index in [1.807, 2.05) is 53.3 Å². The summed E-state index contributed by atoms with van der Waals surface area (Å²) in [6.45, 7) is 7.19. The summed E-state index contributed by atoms with van der Waals surface area (Å²) in [6.07, 6.45) is 8.45. The molecule has 0 saturated carbocycles. The molecule has 1 saturated heterocycles. The molecule has 1 atom stereocenters. The highest BCUT2D eigenvalue weighted by atomic mass is 15.3. The Kier molecular flexibility index (Phi) is 5.78. The maximum atomic E-state index is 4.84. The first-order chi connectivity index (χ1) is 16.1. The first-order valence-corrected chi connectivity index (χ1v) is 11.3. The Balaban J connectivity index is 1.47. The molecule has 0 bridgehead atoms. The molecule has 170 valence electrons. The Bertz CT molecular complexity index is 1250. The highest BCUT2D eigenvalue weighted by Gasteiger charge is 2.22. The van der Waals surface area contributed by atoms with Gasteiger partial charge >= 0.3 is 0 Å². The summed E-state index contributed by atoms with van der Waals surface area (Å²) in [5.41, 5.74) is 3.01. The summed E-state index contributed by atoms with van der Waals surface area (Å²) in [4.78, 5) is 23.1. The minimum absolute atomic E-state index is 0.451. The lowest BCUT2D eigenvalue weighted by molar-refractivity contribution is 0.233. The van der Waals surface area contributed by atoms with E-state index in [0.717, 1.165) is 54.8 Å². The third-order valence-electron chi connectivity index (χ3n) is 6.14. The summed E-state index contributed by atoms with van der Waals surface area (Å²) in [6, 6.07) is 10.5. The average molecular weight is 444 g/mol. The molecule has 1 fully saturated rings. The van der Waals surface area contributed by atoms with Crippen LogP contribution in [0.25, 0.3) is 5.65 Å². The number of nitrogens with zero attached hydrogens (tertiary/aromatic N) is 7. The van der Waals surface area contributed by atoms with Crippen molar-refractivity contribution in [3.05, 3.63) is 60.7 Å². The van der Waals surface area contributed by atoms with Gasteiger partial charge in [-0.2, -0.15) is 9.97 Å². The van der Waals surface area contributed by atoms with Gasteiger partial charge in [0.1, 0.15) is 23.1 Å². The Morgan fingerprint density at radius 2 is 1.88 bits per heavy atom. The van der Waals surface area contributed by atoms with Crippen molar-refractivity contribution in [2.24, 2.45) is 0 Å². The number of pyridine rings is 2. The van der Waals surface area contributed by atoms with Crippen LogP contribution in [0.5, 0.6) is 0 Å². The van der Waals surface area contributed by atoms with Crippen LogP contribution >= 0.6 is 0 Å². The van der Waals surface area contributed by atoms with Gasteiger partial charge in [-0.15, -0.1) is 0 Å². The van der Waals surface area contributed by atoms with E-state index in [1.165, 1.54) is 5.56 Å². The van der Waals surface area contributed by atoms with E-state index < -0.39 is 0 Å². The second kappa shape index (κ2) is 9.03. The third kappa shape index (κ3) is 4.73. The molecular weight excluding hydrogens is 414 g/mol. The Morgan fingerprint density at radius 3 is 2.73 bits per heavy atom. The number of likely N-dealkylation sites (N-methyl/N-ethyl adjacent to an activating group) is 1. The van der Waals surface area contributed by atoms with Gasteiger partial charge < -0.3 is 24.8 Å². The van der Waals surface area contributed by atoms with E-state index in [1.54, 1.807) is 6.20 Å². The summed E-state index contributed by atoms with van der Waals surface area (Å²) < 4.78 is 1.97. The van der Waals surface area contributed by atoms with Gasteiger partial charge in [0.25, 0.3) is 0 Å². The fourth-order valence-electron chi connectivity index (χ4n) is 3.99. The van der Waals surface area contributed by atoms with E-state index in [9.17, 15) is 0 Å². The smallest absolute Gasteiger partial charge is 0.232 e. The van der Waals surface area contributed by atoms with Crippen LogP contribution < -0.4 is 15.5 Å². The molecule has 0 unspecified atom stereocenters. The SMILES string of the molecule is CCc1ccnc(Nc2nc(Nc3ccn4ccnc4c3)cc(N3CCN(C)[C@@H](C)C3)n2)c1. The van der Waals surface area contributed by atoms with Crippen molar-refractivity contribution in [3.8, 4) is 0 Å². The number of imidazole rings is 1. The second-order valence-electron chi connectivity index (χ2n) is 8.47. The van der Waals surface area contributed by atoms with Gasteiger partial charge in [-0.25, -0.2) is 9.97 Å². The van der Waals surface area contributed by atoms with Gasteiger partial charge in [-0.1, -0.05) is 6.92 Å². The van der Waals surface area contributed by atoms with Crippen molar-refractivity contribution in [3.63, 3.8) is 0 Å². The number of rotatable bonds is 6. The van der Waals surface area contributed by atoms with Gasteiger partial charge in [-0.05, 0) is 44.2 Å². The predicted octanol–water partition coefficient (Wildman–Crippen LogP) is 3.71. The van der Waals surface area contributed by atoms with Gasteiger partial charge in [0.2, 0.25) is 5.95 Å². The zero-order valence-corrected chi connectivity index (χ0v) is 19.2. The number of aryl methyl sites for hydroxylation is 1. The molecule has 1 aliphatic rings. The first kappa shape index (κ1) is 21.1. The lowest BCUT2D eigenvalue weighted by atomic mass is 10.2. The van der Waals surface area contributed by atoms with E-state index in [0.29, 0.717) is 12.0 Å². The van der Waals surface area contributed by atoms with Crippen LogP contribution in [0.2, 0.25) is 0 Å². The molecule has 9 nitrogen and oxygen atoms in total. The number of aromatic nitrogens is 5. The van der Waals surface area contributed by atoms with Crippen molar-refractivity contribution in [1.82, 2.24) is 29.2 Å². The first-order valence-electron chi connectivity index (χ1n) is 11.3. The number of hydrogen-bond acceptors (Lipinski definition) is 8. The van der Waals surface area contributed by atoms with Crippen LogP contribution in [0.3, 0.4) is 0 Å². The van der Waals surface area contributed by atoms with Crippen LogP contribution in [0.4, 0.5) is 29.1 Å². The molecule has 2 N–H and O–H groups in total. The predicted molar refractivity (Wildman–Crippen MR) is 132 cm³/mol. The number of piperazine rings is 1. The Labute approximate surface area is 193 Å². The summed E-state index contributed by atoms with van der Waals surface area (Å²) in [5.74, 6) is 2.87. The Hall–Kier alpha value is -3.72. The van der Waals surface area contributed by atoms with E-state index in [4.69, 9.17) is 9.97 Å². The van der Waals surface area contributed by atoms with E-state index >= 15 is 0 Å². The van der Waals surface area contributed by atoms with Crippen molar-refractivity contribution >= 4 is 34.7 Å². The number of anilines is 5. The van der Waals surface area contributed by atoms with Crippen LogP contribution in [0.1, 0.15) is 19.4 Å². The Morgan fingerprint density at radius 1 is 0.970 bits per heavy atom. The van der Waals surface area contributed by atoms with E-state index in [-0.39, 0.29) is 0 Å². The van der Waals surface area contributed by atoms with E-state index in [2.05, 4.69) is 51.3 Å². The van der Waals surface area contributed by atoms with Crippen LogP contribution in [-0.4, -0.2) is 62.0 Å². The quantitative estimate of drug-likeness (QED) is 0.466. The minimum atomic E-state index is 0.451. The molecule has 0 aromatic carbocycles. The average Bonchev–Trinajstić information content (AvgIpc) is 3.29. The standard InChI is InChI=1S/C24H29N9/c1-4-18-5-7-25-20(13-18)28-24-29-21(27-19-6-9-32-10-8-26-22(32)14-19)15-23(30-24)33-12-11-31(3)17(2)16-33/h5-10,13-15,17H,4,11-12,16H2,1-3H3,(H2,25,27,28,29,30)/t17-/m0/s1. The summed E-state index contributed by atoms with van der Waals surface area (Å²) >= 11 is 0. The lowest BCUT2D eigenvalue weighted by Crippen LogP contribution is -2.50. The number of nitrogens with one attached hydrogen (secondary N) is 2. The zero-order chi connectivity index (χ0) is 22.8. The number of hydrogen-bond donors (Lipinski definition) is 2. The molecule has 4 aromatic heterocycles. The molecule has 0 radical (unpaired) electrons. The number of fused-ring (bicyclic) bond motifs is 1. The topological polar surface area (TPSA) is 86.5 Å². The normalized spacial score (nSPS) is 16.8. The van der Waals surface area contributed by atoms with Gasteiger partial charge in [0, 0.05) is 68.3 Å². The molecule has 1 aliphatic heterocycles. The molecule has 9 heteroatoms. The molecule has 33 heavy (non-hydrogen) atoms. The minimum Gasteiger partial charge on any atom is -0.354 e. The van der Waals surface area contributed by atoms with Crippen molar-refractivity contribution in [1.29, 1.82) is 0 Å². The summed E-state index contributed by atoms with van der Waals surface area (Å²) in [7, 11) is 2.17. The maximum absolute atomic E-state index is 4.84. The fraction of sp³-hybridized carbons (Fsp3) is 0.333. The molecule has 5 heterocycles. The second-order valence-corrected chi connectivity index (χ2v) is 8.47. The monoisotopic (exact) mass is 443 g/mol. The van der Waals surface area contributed by atoms with Crippen LogP contribution in [-0.2, 0) is 6.42 Å². The van der Waals surface area contributed by atoms with Gasteiger partial charge in [0.05, 0.1) is 0 Å².